The van der Waals surface area contributed by atoms with E-state index in [1.54, 1.807) is 23.9 Å². The topological polar surface area (TPSA) is 12.0 Å². The highest BCUT2D eigenvalue weighted by Crippen LogP contribution is 2.36. The summed E-state index contributed by atoms with van der Waals surface area (Å²) in [7, 11) is 1.90. The van der Waals surface area contributed by atoms with E-state index in [-0.39, 0.29) is 5.82 Å². The number of nitrogens with one attached hydrogen (secondary N) is 1. The van der Waals surface area contributed by atoms with Crippen LogP contribution >= 0.6 is 11.8 Å². The van der Waals surface area contributed by atoms with Crippen molar-refractivity contribution in [3.8, 4) is 0 Å². The molecule has 1 N–H and O–H groups in total. The Kier molecular flexibility index (Phi) is 4.86. The standard InChI is InChI=1S/C14H20FNS/c1-16-10-11-6-5-9-13(15)14(11)17-12-7-3-2-4-8-12/h5-6,9,12,16H,2-4,7-8,10H2,1H3. The van der Waals surface area contributed by atoms with E-state index in [1.807, 2.05) is 13.1 Å². The van der Waals surface area contributed by atoms with E-state index in [0.717, 1.165) is 17.0 Å². The third-order valence-corrected chi connectivity index (χ3v) is 4.75. The van der Waals surface area contributed by atoms with Crippen LogP contribution in [0.2, 0.25) is 0 Å². The molecule has 0 radical (unpaired) electrons. The van der Waals surface area contributed by atoms with Crippen LogP contribution in [0.5, 0.6) is 0 Å². The molecule has 2 rings (SSSR count). The largest absolute Gasteiger partial charge is 0.316 e. The van der Waals surface area contributed by atoms with Gasteiger partial charge >= 0.3 is 0 Å². The maximum atomic E-state index is 13.9. The first-order chi connectivity index (χ1) is 8.31. The quantitative estimate of drug-likeness (QED) is 0.871. The lowest BCUT2D eigenvalue weighted by Gasteiger charge is -2.22. The van der Waals surface area contributed by atoms with Gasteiger partial charge < -0.3 is 5.32 Å². The fraction of sp³-hybridized carbons (Fsp3) is 0.571. The van der Waals surface area contributed by atoms with Gasteiger partial charge in [-0.3, -0.25) is 0 Å². The third kappa shape index (κ3) is 3.46. The number of hydrogen-bond acceptors (Lipinski definition) is 2. The molecule has 0 saturated heterocycles. The van der Waals surface area contributed by atoms with Gasteiger partial charge in [0.15, 0.2) is 0 Å². The van der Waals surface area contributed by atoms with Gasteiger partial charge in [-0.15, -0.1) is 11.8 Å². The van der Waals surface area contributed by atoms with Crippen LogP contribution in [0.25, 0.3) is 0 Å². The zero-order chi connectivity index (χ0) is 12.1. The Labute approximate surface area is 107 Å². The van der Waals surface area contributed by atoms with Gasteiger partial charge in [-0.1, -0.05) is 31.4 Å². The Hall–Kier alpha value is -0.540. The molecule has 1 nitrogen and oxygen atoms in total. The van der Waals surface area contributed by atoms with Crippen LogP contribution in [0.3, 0.4) is 0 Å². The molecule has 1 aliphatic carbocycles. The summed E-state index contributed by atoms with van der Waals surface area (Å²) in [6.45, 7) is 0.743. The third-order valence-electron chi connectivity index (χ3n) is 3.25. The molecule has 0 aromatic heterocycles. The van der Waals surface area contributed by atoms with Crippen LogP contribution in [-0.4, -0.2) is 12.3 Å². The molecule has 1 aromatic carbocycles. The van der Waals surface area contributed by atoms with Gasteiger partial charge in [-0.2, -0.15) is 0 Å². The number of hydrogen-bond donors (Lipinski definition) is 1. The van der Waals surface area contributed by atoms with E-state index in [9.17, 15) is 4.39 Å². The zero-order valence-electron chi connectivity index (χ0n) is 10.3. The van der Waals surface area contributed by atoms with Crippen molar-refractivity contribution in [2.45, 2.75) is 48.8 Å². The van der Waals surface area contributed by atoms with Crippen molar-refractivity contribution in [1.82, 2.24) is 5.32 Å². The highest BCUT2D eigenvalue weighted by molar-refractivity contribution is 8.00. The summed E-state index contributed by atoms with van der Waals surface area (Å²) in [5, 5.41) is 3.72. The van der Waals surface area contributed by atoms with Crippen LogP contribution in [0.15, 0.2) is 23.1 Å². The SMILES string of the molecule is CNCc1cccc(F)c1SC1CCCCC1. The minimum absolute atomic E-state index is 0.0617. The van der Waals surface area contributed by atoms with Gasteiger partial charge in [0.25, 0.3) is 0 Å². The van der Waals surface area contributed by atoms with Gasteiger partial charge in [0, 0.05) is 16.7 Å². The van der Waals surface area contributed by atoms with E-state index >= 15 is 0 Å². The highest BCUT2D eigenvalue weighted by atomic mass is 32.2. The summed E-state index contributed by atoms with van der Waals surface area (Å²) >= 11 is 1.74. The molecule has 1 saturated carbocycles. The van der Waals surface area contributed by atoms with Crippen molar-refractivity contribution in [3.63, 3.8) is 0 Å². The summed E-state index contributed by atoms with van der Waals surface area (Å²) in [5.41, 5.74) is 1.09. The van der Waals surface area contributed by atoms with Gasteiger partial charge in [0.1, 0.15) is 5.82 Å². The molecule has 1 aliphatic rings. The Morgan fingerprint density at radius 2 is 2.06 bits per heavy atom. The maximum absolute atomic E-state index is 13.9. The van der Waals surface area contributed by atoms with E-state index in [2.05, 4.69) is 5.32 Å². The second-order valence-corrected chi connectivity index (χ2v) is 5.95. The first-order valence-corrected chi connectivity index (χ1v) is 7.28. The maximum Gasteiger partial charge on any atom is 0.137 e. The molecule has 1 aromatic rings. The Morgan fingerprint density at radius 3 is 2.76 bits per heavy atom. The van der Waals surface area contributed by atoms with Gasteiger partial charge in [-0.25, -0.2) is 4.39 Å². The minimum Gasteiger partial charge on any atom is -0.316 e. The number of thioether (sulfide) groups is 1. The lowest BCUT2D eigenvalue weighted by Crippen LogP contribution is -2.11. The molecule has 0 amide bonds. The summed E-state index contributed by atoms with van der Waals surface area (Å²) in [5.74, 6) is -0.0617. The first kappa shape index (κ1) is 12.9. The van der Waals surface area contributed by atoms with Crippen LogP contribution in [0.4, 0.5) is 4.39 Å². The molecule has 17 heavy (non-hydrogen) atoms. The summed E-state index contributed by atoms with van der Waals surface area (Å²) in [6.07, 6.45) is 6.41. The number of rotatable bonds is 4. The second kappa shape index (κ2) is 6.41. The molecule has 0 heterocycles. The van der Waals surface area contributed by atoms with Crippen molar-refractivity contribution in [2.75, 3.05) is 7.05 Å². The van der Waals surface area contributed by atoms with Crippen LogP contribution in [0.1, 0.15) is 37.7 Å². The molecule has 0 bridgehead atoms. The lowest BCUT2D eigenvalue weighted by molar-refractivity contribution is 0.514. The molecule has 0 spiro atoms. The monoisotopic (exact) mass is 253 g/mol. The first-order valence-electron chi connectivity index (χ1n) is 6.40. The van der Waals surface area contributed by atoms with E-state index in [4.69, 9.17) is 0 Å². The molecule has 0 unspecified atom stereocenters. The average Bonchev–Trinajstić information content (AvgIpc) is 2.35. The normalized spacial score (nSPS) is 17.3. The second-order valence-electron chi connectivity index (χ2n) is 4.64. The molecule has 94 valence electrons. The van der Waals surface area contributed by atoms with Crippen molar-refractivity contribution >= 4 is 11.8 Å². The summed E-state index contributed by atoms with van der Waals surface area (Å²) in [4.78, 5) is 0.855. The summed E-state index contributed by atoms with van der Waals surface area (Å²) in [6, 6.07) is 5.39. The highest BCUT2D eigenvalue weighted by Gasteiger charge is 2.18. The van der Waals surface area contributed by atoms with E-state index in [0.29, 0.717) is 5.25 Å². The Morgan fingerprint density at radius 1 is 1.29 bits per heavy atom. The fourth-order valence-electron chi connectivity index (χ4n) is 2.36. The van der Waals surface area contributed by atoms with Gasteiger partial charge in [0.05, 0.1) is 0 Å². The van der Waals surface area contributed by atoms with Crippen LogP contribution < -0.4 is 5.32 Å². The Balaban J connectivity index is 2.12. The number of benzene rings is 1. The molecule has 0 atom stereocenters. The molecule has 1 fully saturated rings. The molecule has 0 aliphatic heterocycles. The van der Waals surface area contributed by atoms with Gasteiger partial charge in [0.2, 0.25) is 0 Å². The van der Waals surface area contributed by atoms with Crippen molar-refractivity contribution in [2.24, 2.45) is 0 Å². The molecule has 3 heteroatoms. The lowest BCUT2D eigenvalue weighted by atomic mass is 10.0. The van der Waals surface area contributed by atoms with E-state index < -0.39 is 0 Å². The Bertz CT molecular complexity index is 361. The average molecular weight is 253 g/mol. The molecular weight excluding hydrogens is 233 g/mol. The molecular formula is C14H20FNS. The van der Waals surface area contributed by atoms with Crippen LogP contribution in [0, 0.1) is 5.82 Å². The van der Waals surface area contributed by atoms with Crippen molar-refractivity contribution in [3.05, 3.63) is 29.6 Å². The predicted molar refractivity (Wildman–Crippen MR) is 71.9 cm³/mol. The zero-order valence-corrected chi connectivity index (χ0v) is 11.2. The predicted octanol–water partition coefficient (Wildman–Crippen LogP) is 3.97. The smallest absolute Gasteiger partial charge is 0.137 e. The van der Waals surface area contributed by atoms with Crippen molar-refractivity contribution in [1.29, 1.82) is 0 Å². The van der Waals surface area contributed by atoms with E-state index in [1.165, 1.54) is 32.1 Å². The van der Waals surface area contributed by atoms with Gasteiger partial charge in [-0.05, 0) is 31.5 Å². The minimum atomic E-state index is -0.0617. The number of halogens is 1. The fourth-order valence-corrected chi connectivity index (χ4v) is 3.74. The summed E-state index contributed by atoms with van der Waals surface area (Å²) < 4.78 is 13.9. The van der Waals surface area contributed by atoms with Crippen molar-refractivity contribution < 1.29 is 4.39 Å². The van der Waals surface area contributed by atoms with Crippen LogP contribution in [-0.2, 0) is 6.54 Å².